The van der Waals surface area contributed by atoms with E-state index >= 15 is 0 Å². The maximum atomic E-state index is 12.0. The highest BCUT2D eigenvalue weighted by Gasteiger charge is 2.34. The molecule has 0 atom stereocenters. The Morgan fingerprint density at radius 3 is 2.67 bits per heavy atom. The molecule has 0 spiro atoms. The molecule has 4 heterocycles. The standard InChI is InChI=1S/C28H36N8O4/c1-16-20(40-19-7-9-29-22(13-19)31-24(38)8-10-39-6)15-30-26-25(16)35(5)27(33-26)32-23-14-21(28(2,3)4)36(34-23)17-11-18(37)12-17/h7,9,13-15,17-18,37H,8,10-12H2,1-6H3,(H,29,31,38)(H,30,32,33,34). The molecule has 0 radical (unpaired) electrons. The minimum Gasteiger partial charge on any atom is -0.455 e. The number of methoxy groups -OCH3 is 1. The van der Waals surface area contributed by atoms with Crippen molar-refractivity contribution in [2.75, 3.05) is 24.4 Å². The third-order valence-electron chi connectivity index (χ3n) is 7.04. The van der Waals surface area contributed by atoms with Crippen LogP contribution >= 0.6 is 0 Å². The van der Waals surface area contributed by atoms with Gasteiger partial charge in [-0.1, -0.05) is 20.8 Å². The molecular weight excluding hydrogens is 512 g/mol. The van der Waals surface area contributed by atoms with Gasteiger partial charge in [-0.2, -0.15) is 10.1 Å². The van der Waals surface area contributed by atoms with Crippen LogP contribution in [0.25, 0.3) is 11.2 Å². The van der Waals surface area contributed by atoms with E-state index in [0.717, 1.165) is 16.8 Å². The first-order valence-corrected chi connectivity index (χ1v) is 13.3. The second-order valence-electron chi connectivity index (χ2n) is 11.2. The average molecular weight is 549 g/mol. The first-order valence-electron chi connectivity index (χ1n) is 13.3. The largest absolute Gasteiger partial charge is 0.455 e. The van der Waals surface area contributed by atoms with Gasteiger partial charge in [-0.05, 0) is 25.8 Å². The predicted octanol–water partition coefficient (Wildman–Crippen LogP) is 4.37. The lowest BCUT2D eigenvalue weighted by Gasteiger charge is -2.34. The number of fused-ring (bicyclic) bond motifs is 1. The third-order valence-corrected chi connectivity index (χ3v) is 7.04. The molecule has 5 rings (SSSR count). The Morgan fingerprint density at radius 2 is 1.98 bits per heavy atom. The van der Waals surface area contributed by atoms with Crippen molar-refractivity contribution in [3.63, 3.8) is 0 Å². The lowest BCUT2D eigenvalue weighted by molar-refractivity contribution is -0.117. The molecule has 4 aromatic heterocycles. The fourth-order valence-corrected chi connectivity index (χ4v) is 4.78. The smallest absolute Gasteiger partial charge is 0.227 e. The molecule has 0 saturated heterocycles. The first kappa shape index (κ1) is 27.5. The van der Waals surface area contributed by atoms with Crippen molar-refractivity contribution in [2.24, 2.45) is 7.05 Å². The zero-order valence-corrected chi connectivity index (χ0v) is 23.7. The number of carbonyl (C=O) groups excluding carboxylic acids is 1. The Hall–Kier alpha value is -4.03. The number of anilines is 3. The normalized spacial score (nSPS) is 17.1. The summed E-state index contributed by atoms with van der Waals surface area (Å²) in [5, 5.41) is 20.8. The molecule has 3 N–H and O–H groups in total. The van der Waals surface area contributed by atoms with Gasteiger partial charge in [-0.25, -0.2) is 9.97 Å². The molecule has 4 aromatic rings. The van der Waals surface area contributed by atoms with Crippen molar-refractivity contribution in [3.05, 3.63) is 41.9 Å². The fourth-order valence-electron chi connectivity index (χ4n) is 4.78. The number of amides is 1. The highest BCUT2D eigenvalue weighted by atomic mass is 16.5. The molecule has 1 aliphatic carbocycles. The summed E-state index contributed by atoms with van der Waals surface area (Å²) >= 11 is 0. The summed E-state index contributed by atoms with van der Waals surface area (Å²) in [5.74, 6) is 2.58. The minimum atomic E-state index is -0.262. The predicted molar refractivity (Wildman–Crippen MR) is 151 cm³/mol. The van der Waals surface area contributed by atoms with Crippen molar-refractivity contribution in [1.82, 2.24) is 29.3 Å². The molecule has 0 aromatic carbocycles. The second kappa shape index (κ2) is 10.9. The van der Waals surface area contributed by atoms with Crippen LogP contribution in [0.2, 0.25) is 0 Å². The molecular formula is C28H36N8O4. The Labute approximate surface area is 232 Å². The molecule has 1 amide bonds. The quantitative estimate of drug-likeness (QED) is 0.278. The number of aliphatic hydroxyl groups is 1. The number of ether oxygens (including phenoxy) is 2. The van der Waals surface area contributed by atoms with Gasteiger partial charge in [0, 0.05) is 49.2 Å². The molecule has 0 bridgehead atoms. The summed E-state index contributed by atoms with van der Waals surface area (Å²) in [5.41, 5.74) is 3.25. The van der Waals surface area contributed by atoms with Crippen LogP contribution in [0.5, 0.6) is 11.5 Å². The summed E-state index contributed by atoms with van der Waals surface area (Å²) in [6.45, 7) is 8.76. The number of hydrogen-bond donors (Lipinski definition) is 3. The highest BCUT2D eigenvalue weighted by molar-refractivity contribution is 5.90. The van der Waals surface area contributed by atoms with Crippen LogP contribution in [0.1, 0.15) is 57.3 Å². The van der Waals surface area contributed by atoms with E-state index in [0.29, 0.717) is 54.2 Å². The van der Waals surface area contributed by atoms with Crippen molar-refractivity contribution in [3.8, 4) is 11.5 Å². The second-order valence-corrected chi connectivity index (χ2v) is 11.2. The molecule has 0 unspecified atom stereocenters. The highest BCUT2D eigenvalue weighted by Crippen LogP contribution is 2.38. The van der Waals surface area contributed by atoms with Crippen LogP contribution in [0, 0.1) is 6.92 Å². The van der Waals surface area contributed by atoms with E-state index in [1.54, 1.807) is 31.6 Å². The molecule has 12 nitrogen and oxygen atoms in total. The molecule has 40 heavy (non-hydrogen) atoms. The van der Waals surface area contributed by atoms with Crippen LogP contribution in [0.4, 0.5) is 17.6 Å². The number of nitrogens with zero attached hydrogens (tertiary/aromatic N) is 6. The zero-order chi connectivity index (χ0) is 28.6. The lowest BCUT2D eigenvalue weighted by Crippen LogP contribution is -2.34. The number of pyridine rings is 2. The van der Waals surface area contributed by atoms with Gasteiger partial charge in [0.1, 0.15) is 11.6 Å². The maximum absolute atomic E-state index is 12.0. The van der Waals surface area contributed by atoms with E-state index in [1.807, 2.05) is 29.3 Å². The number of aryl methyl sites for hydroxylation is 2. The Morgan fingerprint density at radius 1 is 1.20 bits per heavy atom. The average Bonchev–Trinajstić information content (AvgIpc) is 3.44. The first-order chi connectivity index (χ1) is 19.0. The van der Waals surface area contributed by atoms with Crippen LogP contribution in [-0.2, 0) is 22.0 Å². The van der Waals surface area contributed by atoms with Crippen molar-refractivity contribution in [1.29, 1.82) is 0 Å². The van der Waals surface area contributed by atoms with E-state index in [9.17, 15) is 9.90 Å². The van der Waals surface area contributed by atoms with E-state index in [2.05, 4.69) is 41.4 Å². The Balaban J connectivity index is 1.38. The summed E-state index contributed by atoms with van der Waals surface area (Å²) in [4.78, 5) is 25.5. The van der Waals surface area contributed by atoms with Crippen LogP contribution in [-0.4, -0.2) is 60.1 Å². The fraction of sp³-hybridized carbons (Fsp3) is 0.464. The number of carbonyl (C=O) groups is 1. The molecule has 12 heteroatoms. The lowest BCUT2D eigenvalue weighted by atomic mass is 9.87. The van der Waals surface area contributed by atoms with E-state index in [-0.39, 0.29) is 29.9 Å². The molecule has 0 aliphatic heterocycles. The van der Waals surface area contributed by atoms with Crippen LogP contribution in [0.3, 0.4) is 0 Å². The zero-order valence-electron chi connectivity index (χ0n) is 23.7. The van der Waals surface area contributed by atoms with E-state index in [1.165, 1.54) is 0 Å². The van der Waals surface area contributed by atoms with Gasteiger partial charge in [-0.3, -0.25) is 9.48 Å². The van der Waals surface area contributed by atoms with Gasteiger partial charge < -0.3 is 29.8 Å². The summed E-state index contributed by atoms with van der Waals surface area (Å²) < 4.78 is 15.1. The van der Waals surface area contributed by atoms with Crippen molar-refractivity contribution < 1.29 is 19.4 Å². The van der Waals surface area contributed by atoms with Crippen LogP contribution in [0.15, 0.2) is 30.6 Å². The summed E-state index contributed by atoms with van der Waals surface area (Å²) in [6, 6.07) is 5.62. The van der Waals surface area contributed by atoms with E-state index in [4.69, 9.17) is 19.6 Å². The maximum Gasteiger partial charge on any atom is 0.227 e. The minimum absolute atomic E-state index is 0.107. The Bertz CT molecular complexity index is 1530. The Kier molecular flexibility index (Phi) is 7.47. The van der Waals surface area contributed by atoms with Gasteiger partial charge >= 0.3 is 0 Å². The number of aliphatic hydroxyl groups excluding tert-OH is 1. The monoisotopic (exact) mass is 548 g/mol. The molecule has 1 aliphatic rings. The van der Waals surface area contributed by atoms with E-state index < -0.39 is 0 Å². The van der Waals surface area contributed by atoms with Gasteiger partial charge in [0.05, 0.1) is 36.9 Å². The summed E-state index contributed by atoms with van der Waals surface area (Å²) in [7, 11) is 3.47. The third kappa shape index (κ3) is 5.63. The number of aromatic nitrogens is 6. The van der Waals surface area contributed by atoms with Gasteiger partial charge in [-0.15, -0.1) is 0 Å². The summed E-state index contributed by atoms with van der Waals surface area (Å²) in [6.07, 6.45) is 4.61. The molecule has 1 fully saturated rings. The molecule has 212 valence electrons. The topological polar surface area (TPSA) is 141 Å². The number of imidazole rings is 1. The van der Waals surface area contributed by atoms with Crippen molar-refractivity contribution in [2.45, 2.75) is 64.5 Å². The van der Waals surface area contributed by atoms with Crippen LogP contribution < -0.4 is 15.4 Å². The number of hydrogen-bond acceptors (Lipinski definition) is 9. The SMILES string of the molecule is COCCC(=O)Nc1cc(Oc2cnc3nc(Nc4cc(C(C)(C)C)n(C5CC(O)C5)n4)n(C)c3c2C)ccn1. The number of nitrogens with one attached hydrogen (secondary N) is 2. The van der Waals surface area contributed by atoms with Crippen molar-refractivity contribution >= 4 is 34.7 Å². The number of rotatable bonds is 9. The van der Waals surface area contributed by atoms with Gasteiger partial charge in [0.2, 0.25) is 11.9 Å². The van der Waals surface area contributed by atoms with Gasteiger partial charge in [0.15, 0.2) is 17.2 Å². The van der Waals surface area contributed by atoms with Gasteiger partial charge in [0.25, 0.3) is 0 Å². The molecule has 1 saturated carbocycles.